The number of aliphatic imine (C=N–C) groups is 2. The molecule has 4 atom stereocenters. The fourth-order valence-corrected chi connectivity index (χ4v) is 7.01. The molecule has 0 saturated carbocycles. The second-order valence-corrected chi connectivity index (χ2v) is 11.9. The molecule has 10 heteroatoms. The van der Waals surface area contributed by atoms with E-state index in [4.69, 9.17) is 9.98 Å². The Kier molecular flexibility index (Phi) is 8.31. The molecule has 4 aliphatic heterocycles. The molecule has 230 valence electrons. The Morgan fingerprint density at radius 2 is 1.70 bits per heavy atom. The van der Waals surface area contributed by atoms with E-state index in [0.717, 1.165) is 44.4 Å². The minimum absolute atomic E-state index is 0.0443. The van der Waals surface area contributed by atoms with E-state index in [1.807, 2.05) is 45.9 Å². The van der Waals surface area contributed by atoms with Crippen LogP contribution in [-0.4, -0.2) is 61.7 Å². The van der Waals surface area contributed by atoms with Gasteiger partial charge in [0.1, 0.15) is 0 Å². The van der Waals surface area contributed by atoms with Crippen LogP contribution in [0.4, 0.5) is 0 Å². The summed E-state index contributed by atoms with van der Waals surface area (Å²) in [6.45, 7) is 13.8. The molecule has 10 nitrogen and oxygen atoms in total. The molecule has 0 amide bonds. The summed E-state index contributed by atoms with van der Waals surface area (Å²) in [4.78, 5) is 49.9. The molecule has 0 aromatic carbocycles. The van der Waals surface area contributed by atoms with Crippen molar-refractivity contribution in [3.8, 4) is 0 Å². The maximum atomic E-state index is 12.7. The Bertz CT molecular complexity index is 1810. The predicted octanol–water partition coefficient (Wildman–Crippen LogP) is 3.34. The third-order valence-corrected chi connectivity index (χ3v) is 9.41. The van der Waals surface area contributed by atoms with Gasteiger partial charge in [0.25, 0.3) is 0 Å². The molecule has 1 fully saturated rings. The van der Waals surface area contributed by atoms with Gasteiger partial charge in [-0.2, -0.15) is 0 Å². The smallest absolute Gasteiger partial charge is 0.338 e. The van der Waals surface area contributed by atoms with Crippen LogP contribution in [0.3, 0.4) is 0 Å². The van der Waals surface area contributed by atoms with Gasteiger partial charge >= 0.3 is 17.9 Å². The van der Waals surface area contributed by atoms with E-state index in [1.54, 1.807) is 13.0 Å². The van der Waals surface area contributed by atoms with Crippen LogP contribution in [0.2, 0.25) is 0 Å². The second kappa shape index (κ2) is 11.8. The lowest BCUT2D eigenvalue weighted by molar-refractivity contribution is -0.138. The zero-order chi connectivity index (χ0) is 32.0. The summed E-state index contributed by atoms with van der Waals surface area (Å²) >= 11 is 0. The van der Waals surface area contributed by atoms with E-state index in [2.05, 4.69) is 16.9 Å². The van der Waals surface area contributed by atoms with Gasteiger partial charge in [0, 0.05) is 34.8 Å². The highest BCUT2D eigenvalue weighted by molar-refractivity contribution is 6.26. The van der Waals surface area contributed by atoms with Gasteiger partial charge in [-0.25, -0.2) is 14.8 Å². The van der Waals surface area contributed by atoms with Crippen molar-refractivity contribution < 1.29 is 29.7 Å². The number of aromatic amines is 1. The molecule has 0 unspecified atom stereocenters. The van der Waals surface area contributed by atoms with Crippen LogP contribution in [0.25, 0.3) is 12.2 Å². The largest absolute Gasteiger partial charge is 0.481 e. The van der Waals surface area contributed by atoms with E-state index in [0.29, 0.717) is 23.3 Å². The first kappa shape index (κ1) is 30.9. The van der Waals surface area contributed by atoms with Crippen LogP contribution in [0, 0.1) is 18.8 Å². The van der Waals surface area contributed by atoms with Crippen molar-refractivity contribution in [3.63, 3.8) is 0 Å². The lowest BCUT2D eigenvalue weighted by Crippen LogP contribution is -2.34. The van der Waals surface area contributed by atoms with Crippen molar-refractivity contribution in [3.05, 3.63) is 79.8 Å². The monoisotopic (exact) mass is 598 g/mol. The second-order valence-electron chi connectivity index (χ2n) is 11.9. The van der Waals surface area contributed by atoms with E-state index >= 15 is 0 Å². The molecule has 1 saturated heterocycles. The zero-order valence-corrected chi connectivity index (χ0v) is 25.6. The number of carboxylic acids is 3. The van der Waals surface area contributed by atoms with Crippen LogP contribution in [0.5, 0.6) is 0 Å². The number of carbonyl (C=O) groups is 3. The lowest BCUT2D eigenvalue weighted by atomic mass is 9.80. The van der Waals surface area contributed by atoms with Gasteiger partial charge in [-0.3, -0.25) is 9.59 Å². The van der Waals surface area contributed by atoms with Gasteiger partial charge in [0.05, 0.1) is 34.8 Å². The molecule has 8 bridgehead atoms. The van der Waals surface area contributed by atoms with Crippen LogP contribution in [0.1, 0.15) is 58.1 Å². The summed E-state index contributed by atoms with van der Waals surface area (Å²) in [5, 5.41) is 35.1. The zero-order valence-electron chi connectivity index (χ0n) is 25.6. The number of aliphatic carboxylic acids is 3. The Hall–Kier alpha value is -4.57. The highest BCUT2D eigenvalue weighted by Crippen LogP contribution is 2.41. The van der Waals surface area contributed by atoms with Crippen molar-refractivity contribution in [1.82, 2.24) is 10.3 Å². The topological polar surface area (TPSA) is 164 Å². The summed E-state index contributed by atoms with van der Waals surface area (Å²) in [6, 6.07) is -0.920. The Labute approximate surface area is 255 Å². The van der Waals surface area contributed by atoms with Gasteiger partial charge in [0.2, 0.25) is 0 Å². The van der Waals surface area contributed by atoms with Gasteiger partial charge in [-0.05, 0) is 91.5 Å². The van der Waals surface area contributed by atoms with E-state index in [1.165, 1.54) is 0 Å². The Balaban J connectivity index is 1.88. The molecular formula is C34H38N4O6. The average Bonchev–Trinajstić information content (AvgIpc) is 3.63. The SMILES string of the molecule is C=CC1=C(C)/C2=C/[C@@H]3N[C@@H](/C(CC(=O)O)=C4N=C(/C=c5\[nH]/c(c(C)c5CC)=C\C1=N2)C(C)=C\4C(=O)O)[C@@H](CCC(=O)O)[C@H]3C. The van der Waals surface area contributed by atoms with E-state index < -0.39 is 30.4 Å². The first-order valence-corrected chi connectivity index (χ1v) is 14.9. The number of nitrogens with one attached hydrogen (secondary N) is 2. The molecule has 1 aromatic heterocycles. The van der Waals surface area contributed by atoms with Gasteiger partial charge < -0.3 is 25.6 Å². The molecule has 5 N–H and O–H groups in total. The maximum absolute atomic E-state index is 12.7. The first-order valence-electron chi connectivity index (χ1n) is 14.9. The number of fused-ring (bicyclic) bond motifs is 6. The van der Waals surface area contributed by atoms with Crippen LogP contribution in [-0.2, 0) is 20.8 Å². The molecule has 5 heterocycles. The molecule has 1 aromatic rings. The van der Waals surface area contributed by atoms with Gasteiger partial charge in [-0.1, -0.05) is 26.5 Å². The number of hydrogen-bond donors (Lipinski definition) is 5. The summed E-state index contributed by atoms with van der Waals surface area (Å²) < 4.78 is 0. The number of carboxylic acid groups (broad SMARTS) is 3. The van der Waals surface area contributed by atoms with Crippen molar-refractivity contribution in [2.45, 2.75) is 72.4 Å². The number of H-pyrrole nitrogens is 1. The third-order valence-electron chi connectivity index (χ3n) is 9.41. The van der Waals surface area contributed by atoms with Crippen molar-refractivity contribution in [1.29, 1.82) is 0 Å². The number of aromatic nitrogens is 1. The molecule has 4 aliphatic rings. The highest BCUT2D eigenvalue weighted by Gasteiger charge is 2.44. The molecular weight excluding hydrogens is 560 g/mol. The quantitative estimate of drug-likeness (QED) is 0.306. The fourth-order valence-electron chi connectivity index (χ4n) is 7.01. The van der Waals surface area contributed by atoms with Crippen molar-refractivity contribution in [2.24, 2.45) is 21.8 Å². The molecule has 0 aliphatic carbocycles. The van der Waals surface area contributed by atoms with Gasteiger partial charge in [-0.15, -0.1) is 0 Å². The van der Waals surface area contributed by atoms with Gasteiger partial charge in [0.15, 0.2) is 0 Å². The summed E-state index contributed by atoms with van der Waals surface area (Å²) in [5.74, 6) is -3.70. The number of rotatable bonds is 8. The molecule has 0 spiro atoms. The van der Waals surface area contributed by atoms with Crippen molar-refractivity contribution >= 4 is 41.5 Å². The number of nitrogens with zero attached hydrogens (tertiary/aromatic N) is 2. The van der Waals surface area contributed by atoms with Crippen molar-refractivity contribution in [2.75, 3.05) is 0 Å². The highest BCUT2D eigenvalue weighted by atomic mass is 16.4. The fraction of sp³-hybridized carbons (Fsp3) is 0.382. The van der Waals surface area contributed by atoms with Crippen LogP contribution < -0.4 is 16.0 Å². The minimum Gasteiger partial charge on any atom is -0.481 e. The summed E-state index contributed by atoms with van der Waals surface area (Å²) in [7, 11) is 0. The predicted molar refractivity (Wildman–Crippen MR) is 169 cm³/mol. The van der Waals surface area contributed by atoms with E-state index in [9.17, 15) is 29.7 Å². The minimum atomic E-state index is -1.20. The van der Waals surface area contributed by atoms with E-state index in [-0.39, 0.29) is 42.0 Å². The first-order chi connectivity index (χ1) is 20.9. The Morgan fingerprint density at radius 1 is 1.00 bits per heavy atom. The van der Waals surface area contributed by atoms with Crippen LogP contribution >= 0.6 is 0 Å². The average molecular weight is 599 g/mol. The normalized spacial score (nSPS) is 28.9. The standard InChI is InChI=1S/C34H38N4O6/c1-7-19-15(3)23-12-25-17(5)21(9-10-29(39)40)32(37-25)22(11-30(41)42)33-31(34(43)44)18(6)26(38-33)14-28-20(8-2)16(4)24(36-28)13-27(19)35-23/h7,12-14,17,21,25,32,36-37H,1,8-11H2,2-6H3,(H,39,40)(H,41,42)(H,43,44)/b23-12-,24-13-,28-14-,33-22-/t17-,21+,25+,32-/m1/s1. The molecule has 0 radical (unpaired) electrons. The number of hydrogen-bond acceptors (Lipinski definition) is 6. The lowest BCUT2D eigenvalue weighted by Gasteiger charge is -2.25. The number of allylic oxidation sites excluding steroid dienone is 4. The molecule has 5 rings (SSSR count). The maximum Gasteiger partial charge on any atom is 0.338 e. The summed E-state index contributed by atoms with van der Waals surface area (Å²) in [6.07, 6.45) is 8.06. The summed E-state index contributed by atoms with van der Waals surface area (Å²) in [5.41, 5.74) is 6.73. The third kappa shape index (κ3) is 5.34. The molecule has 44 heavy (non-hydrogen) atoms. The van der Waals surface area contributed by atoms with Crippen LogP contribution in [0.15, 0.2) is 68.0 Å². The Morgan fingerprint density at radius 3 is 2.32 bits per heavy atom.